The average Bonchev–Trinajstić information content (AvgIpc) is 2.64. The van der Waals surface area contributed by atoms with Gasteiger partial charge in [-0.25, -0.2) is 0 Å². The third-order valence-electron chi connectivity index (χ3n) is 4.74. The van der Waals surface area contributed by atoms with Crippen molar-refractivity contribution >= 4 is 0 Å². The molecule has 16 heavy (non-hydrogen) atoms. The molecule has 1 N–H and O–H groups in total. The first-order valence-electron chi connectivity index (χ1n) is 6.14. The van der Waals surface area contributed by atoms with Gasteiger partial charge in [-0.1, -0.05) is 27.7 Å². The second-order valence-electron chi connectivity index (χ2n) is 5.97. The molecule has 0 unspecified atom stereocenters. The molecule has 1 aromatic rings. The molecule has 3 heteroatoms. The number of rotatable bonds is 5. The van der Waals surface area contributed by atoms with Gasteiger partial charge in [0.15, 0.2) is 0 Å². The number of nitrogens with one attached hydrogen (secondary N) is 1. The second-order valence-corrected chi connectivity index (χ2v) is 5.97. The Labute approximate surface area is 98.2 Å². The molecule has 0 amide bonds. The van der Waals surface area contributed by atoms with Gasteiger partial charge in [-0.15, -0.1) is 0 Å². The lowest BCUT2D eigenvalue weighted by atomic mass is 10.0. The molecule has 0 atom stereocenters. The SMILES string of the molecule is CC1(C)C(CNCCn2cccn2)C1(C)C. The lowest BCUT2D eigenvalue weighted by Gasteiger charge is -2.06. The lowest BCUT2D eigenvalue weighted by molar-refractivity contribution is 0.457. The molecule has 1 aliphatic carbocycles. The lowest BCUT2D eigenvalue weighted by Crippen LogP contribution is -2.24. The maximum atomic E-state index is 4.18. The zero-order valence-electron chi connectivity index (χ0n) is 10.8. The average molecular weight is 221 g/mol. The van der Waals surface area contributed by atoms with Crippen LogP contribution in [-0.2, 0) is 6.54 Å². The molecule has 0 aliphatic heterocycles. The van der Waals surface area contributed by atoms with Crippen LogP contribution in [-0.4, -0.2) is 22.9 Å². The van der Waals surface area contributed by atoms with Crippen LogP contribution in [0, 0.1) is 16.7 Å². The molecule has 2 rings (SSSR count). The Morgan fingerprint density at radius 1 is 1.25 bits per heavy atom. The molecular formula is C13H23N3. The highest BCUT2D eigenvalue weighted by Crippen LogP contribution is 2.67. The van der Waals surface area contributed by atoms with E-state index >= 15 is 0 Å². The minimum atomic E-state index is 0.492. The van der Waals surface area contributed by atoms with Gasteiger partial charge < -0.3 is 5.32 Å². The van der Waals surface area contributed by atoms with E-state index in [9.17, 15) is 0 Å². The molecule has 3 nitrogen and oxygen atoms in total. The highest BCUT2D eigenvalue weighted by Gasteiger charge is 2.63. The van der Waals surface area contributed by atoms with Crippen molar-refractivity contribution in [1.29, 1.82) is 0 Å². The summed E-state index contributed by atoms with van der Waals surface area (Å²) < 4.78 is 1.97. The van der Waals surface area contributed by atoms with Crippen molar-refractivity contribution < 1.29 is 0 Å². The van der Waals surface area contributed by atoms with Crippen LogP contribution in [0.3, 0.4) is 0 Å². The Bertz CT molecular complexity index is 324. The predicted molar refractivity (Wildman–Crippen MR) is 66.1 cm³/mol. The van der Waals surface area contributed by atoms with E-state index in [0.29, 0.717) is 10.8 Å². The van der Waals surface area contributed by atoms with Gasteiger partial charge in [-0.3, -0.25) is 4.68 Å². The van der Waals surface area contributed by atoms with Crippen molar-refractivity contribution in [2.75, 3.05) is 13.1 Å². The topological polar surface area (TPSA) is 29.9 Å². The highest BCUT2D eigenvalue weighted by atomic mass is 15.3. The Morgan fingerprint density at radius 3 is 2.44 bits per heavy atom. The van der Waals surface area contributed by atoms with E-state index in [0.717, 1.165) is 25.6 Å². The second kappa shape index (κ2) is 3.88. The van der Waals surface area contributed by atoms with Crippen molar-refractivity contribution in [3.8, 4) is 0 Å². The van der Waals surface area contributed by atoms with Gasteiger partial charge >= 0.3 is 0 Å². The molecule has 0 radical (unpaired) electrons. The summed E-state index contributed by atoms with van der Waals surface area (Å²) in [6.07, 6.45) is 3.83. The van der Waals surface area contributed by atoms with E-state index in [1.807, 2.05) is 23.1 Å². The van der Waals surface area contributed by atoms with E-state index in [-0.39, 0.29) is 0 Å². The van der Waals surface area contributed by atoms with Gasteiger partial charge in [0, 0.05) is 18.9 Å². The van der Waals surface area contributed by atoms with Crippen molar-refractivity contribution in [3.63, 3.8) is 0 Å². The molecule has 1 heterocycles. The van der Waals surface area contributed by atoms with Crippen LogP contribution in [0.5, 0.6) is 0 Å². The molecule has 0 spiro atoms. The number of hydrogen-bond acceptors (Lipinski definition) is 2. The van der Waals surface area contributed by atoms with Gasteiger partial charge in [-0.05, 0) is 29.4 Å². The van der Waals surface area contributed by atoms with E-state index in [4.69, 9.17) is 0 Å². The third kappa shape index (κ3) is 1.88. The van der Waals surface area contributed by atoms with E-state index in [1.165, 1.54) is 0 Å². The quantitative estimate of drug-likeness (QED) is 0.772. The first-order valence-corrected chi connectivity index (χ1v) is 6.14. The summed E-state index contributed by atoms with van der Waals surface area (Å²) >= 11 is 0. The summed E-state index contributed by atoms with van der Waals surface area (Å²) in [7, 11) is 0. The summed E-state index contributed by atoms with van der Waals surface area (Å²) in [5.41, 5.74) is 0.984. The molecule has 1 fully saturated rings. The molecular weight excluding hydrogens is 198 g/mol. The largest absolute Gasteiger partial charge is 0.315 e. The van der Waals surface area contributed by atoms with E-state index in [2.05, 4.69) is 38.1 Å². The van der Waals surface area contributed by atoms with Crippen LogP contribution in [0.15, 0.2) is 18.5 Å². The molecule has 0 saturated heterocycles. The van der Waals surface area contributed by atoms with Crippen molar-refractivity contribution in [2.24, 2.45) is 16.7 Å². The zero-order chi connectivity index (χ0) is 11.8. The van der Waals surface area contributed by atoms with Crippen LogP contribution in [0.4, 0.5) is 0 Å². The van der Waals surface area contributed by atoms with E-state index < -0.39 is 0 Å². The Morgan fingerprint density at radius 2 is 1.94 bits per heavy atom. The molecule has 1 aromatic heterocycles. The third-order valence-corrected chi connectivity index (χ3v) is 4.74. The fourth-order valence-electron chi connectivity index (χ4n) is 2.72. The van der Waals surface area contributed by atoms with Gasteiger partial charge in [-0.2, -0.15) is 5.10 Å². The smallest absolute Gasteiger partial charge is 0.0533 e. The minimum Gasteiger partial charge on any atom is -0.315 e. The van der Waals surface area contributed by atoms with Gasteiger partial charge in [0.1, 0.15) is 0 Å². The summed E-state index contributed by atoms with van der Waals surface area (Å²) in [5, 5.41) is 7.72. The number of hydrogen-bond donors (Lipinski definition) is 1. The Kier molecular flexibility index (Phi) is 2.82. The summed E-state index contributed by atoms with van der Waals surface area (Å²) in [6, 6.07) is 1.97. The zero-order valence-corrected chi connectivity index (χ0v) is 10.8. The van der Waals surface area contributed by atoms with Crippen LogP contribution in [0.25, 0.3) is 0 Å². The van der Waals surface area contributed by atoms with Crippen LogP contribution in [0.2, 0.25) is 0 Å². The number of nitrogens with zero attached hydrogens (tertiary/aromatic N) is 2. The molecule has 0 aromatic carbocycles. The van der Waals surface area contributed by atoms with Gasteiger partial charge in [0.25, 0.3) is 0 Å². The van der Waals surface area contributed by atoms with Crippen LogP contribution >= 0.6 is 0 Å². The fraction of sp³-hybridized carbons (Fsp3) is 0.769. The highest BCUT2D eigenvalue weighted by molar-refractivity contribution is 5.12. The maximum absolute atomic E-state index is 4.18. The van der Waals surface area contributed by atoms with Crippen molar-refractivity contribution in [3.05, 3.63) is 18.5 Å². The van der Waals surface area contributed by atoms with Crippen LogP contribution < -0.4 is 5.32 Å². The predicted octanol–water partition coefficient (Wildman–Crippen LogP) is 2.15. The molecule has 1 saturated carbocycles. The summed E-state index contributed by atoms with van der Waals surface area (Å²) in [5.74, 6) is 0.803. The van der Waals surface area contributed by atoms with Crippen molar-refractivity contribution in [2.45, 2.75) is 34.2 Å². The molecule has 90 valence electrons. The Balaban J connectivity index is 1.67. The van der Waals surface area contributed by atoms with Crippen molar-refractivity contribution in [1.82, 2.24) is 15.1 Å². The summed E-state index contributed by atoms with van der Waals surface area (Å²) in [4.78, 5) is 0. The monoisotopic (exact) mass is 221 g/mol. The summed E-state index contributed by atoms with van der Waals surface area (Å²) in [6.45, 7) is 12.6. The maximum Gasteiger partial charge on any atom is 0.0533 e. The minimum absolute atomic E-state index is 0.492. The molecule has 0 bridgehead atoms. The normalized spacial score (nSPS) is 22.2. The Hall–Kier alpha value is -0.830. The van der Waals surface area contributed by atoms with Gasteiger partial charge in [0.05, 0.1) is 6.54 Å². The van der Waals surface area contributed by atoms with Gasteiger partial charge in [0.2, 0.25) is 0 Å². The first kappa shape index (κ1) is 11.6. The first-order chi connectivity index (χ1) is 7.46. The molecule has 1 aliphatic rings. The van der Waals surface area contributed by atoms with E-state index in [1.54, 1.807) is 0 Å². The number of aromatic nitrogens is 2. The van der Waals surface area contributed by atoms with Crippen LogP contribution in [0.1, 0.15) is 27.7 Å². The fourth-order valence-corrected chi connectivity index (χ4v) is 2.72. The standard InChI is InChI=1S/C13H23N3/c1-12(2)11(13(12,3)4)10-14-7-9-16-8-5-6-15-16/h5-6,8,11,14H,7,9-10H2,1-4H3.